The Hall–Kier alpha value is -4.04. The third-order valence-electron chi connectivity index (χ3n) is 4.53. The van der Waals surface area contributed by atoms with Gasteiger partial charge in [0.1, 0.15) is 11.5 Å². The predicted octanol–water partition coefficient (Wildman–Crippen LogP) is 5.25. The van der Waals surface area contributed by atoms with E-state index in [2.05, 4.69) is 5.32 Å². The highest BCUT2D eigenvalue weighted by Gasteiger charge is 2.30. The average Bonchev–Trinajstić information content (AvgIpc) is 2.83. The van der Waals surface area contributed by atoms with Gasteiger partial charge in [0.15, 0.2) is 12.2 Å². The second-order valence-corrected chi connectivity index (χ2v) is 8.18. The van der Waals surface area contributed by atoms with Gasteiger partial charge < -0.3 is 19.7 Å². The van der Waals surface area contributed by atoms with Crippen LogP contribution in [0.2, 0.25) is 0 Å². The van der Waals surface area contributed by atoms with Crippen LogP contribution in [0.5, 0.6) is 11.5 Å². The lowest BCUT2D eigenvalue weighted by atomic mass is 10.0. The van der Waals surface area contributed by atoms with Gasteiger partial charge in [0.2, 0.25) is 0 Å². The van der Waals surface area contributed by atoms with E-state index in [4.69, 9.17) is 19.8 Å². The summed E-state index contributed by atoms with van der Waals surface area (Å²) in [6.07, 6.45) is -1.03. The van der Waals surface area contributed by atoms with Gasteiger partial charge in [-0.15, -0.1) is 0 Å². The highest BCUT2D eigenvalue weighted by Crippen LogP contribution is 2.34. The molecule has 9 heteroatoms. The van der Waals surface area contributed by atoms with Gasteiger partial charge in [-0.2, -0.15) is 5.26 Å². The lowest BCUT2D eigenvalue weighted by Gasteiger charge is -2.27. The number of amides is 1. The zero-order chi connectivity index (χ0) is 24.5. The molecule has 0 spiro atoms. The third-order valence-corrected chi connectivity index (χ3v) is 5.20. The molecule has 8 nitrogen and oxygen atoms in total. The molecule has 0 bridgehead atoms. The van der Waals surface area contributed by atoms with Gasteiger partial charge in [0.05, 0.1) is 11.6 Å². The summed E-state index contributed by atoms with van der Waals surface area (Å²) in [5.41, 5.74) is 1.05. The molecule has 0 saturated heterocycles. The summed E-state index contributed by atoms with van der Waals surface area (Å²) >= 11 is 2.05. The number of nitriles is 1. The fraction of sp³-hybridized carbons (Fsp3) is 0.0800. The first-order chi connectivity index (χ1) is 16.4. The van der Waals surface area contributed by atoms with Crippen LogP contribution in [0.4, 0.5) is 10.5 Å². The number of rotatable bonds is 8. The maximum Gasteiger partial charge on any atom is 0.412 e. The fourth-order valence-electron chi connectivity index (χ4n) is 2.99. The normalized spacial score (nSPS) is 12.4. The Kier molecular flexibility index (Phi) is 8.48. The Morgan fingerprint density at radius 3 is 2.41 bits per heavy atom. The lowest BCUT2D eigenvalue weighted by Crippen LogP contribution is -2.30. The number of hydrogen-bond donors (Lipinski definition) is 3. The zero-order valence-corrected chi connectivity index (χ0v) is 19.7. The number of halogens is 1. The molecule has 3 rings (SSSR count). The molecule has 0 saturated carbocycles. The largest absolute Gasteiger partial charge is 0.508 e. The van der Waals surface area contributed by atoms with Crippen molar-refractivity contribution in [2.75, 3.05) is 5.32 Å². The van der Waals surface area contributed by atoms with Crippen LogP contribution < -0.4 is 10.1 Å². The van der Waals surface area contributed by atoms with Crippen LogP contribution in [-0.4, -0.2) is 28.4 Å². The fourth-order valence-corrected chi connectivity index (χ4v) is 3.50. The molecular formula is C25H19IN2O6. The number of hydrogen-bond acceptors (Lipinski definition) is 6. The molecule has 0 aliphatic heterocycles. The molecular weight excluding hydrogens is 551 g/mol. The van der Waals surface area contributed by atoms with E-state index in [1.165, 1.54) is 24.3 Å². The third kappa shape index (κ3) is 6.98. The Morgan fingerprint density at radius 1 is 1.06 bits per heavy atom. The summed E-state index contributed by atoms with van der Waals surface area (Å²) in [7, 11) is 0. The molecule has 0 aliphatic rings. The minimum Gasteiger partial charge on any atom is -0.508 e. The van der Waals surface area contributed by atoms with Crippen LogP contribution in [0.15, 0.2) is 84.9 Å². The number of nitrogens with one attached hydrogen (secondary N) is 1. The van der Waals surface area contributed by atoms with E-state index in [0.717, 1.165) is 9.65 Å². The highest BCUT2D eigenvalue weighted by molar-refractivity contribution is 14.1. The summed E-state index contributed by atoms with van der Waals surface area (Å²) < 4.78 is 12.4. The first-order valence-corrected chi connectivity index (χ1v) is 11.0. The van der Waals surface area contributed by atoms with Crippen molar-refractivity contribution in [3.05, 3.63) is 99.6 Å². The maximum atomic E-state index is 12.8. The van der Waals surface area contributed by atoms with E-state index in [1.54, 1.807) is 54.6 Å². The number of carboxylic acid groups (broad SMARTS) is 1. The van der Waals surface area contributed by atoms with Crippen LogP contribution in [0, 0.1) is 14.9 Å². The van der Waals surface area contributed by atoms with Crippen molar-refractivity contribution in [2.45, 2.75) is 12.2 Å². The lowest BCUT2D eigenvalue weighted by molar-refractivity contribution is -0.131. The number of nitrogens with zero attached hydrogens (tertiary/aromatic N) is 1. The van der Waals surface area contributed by atoms with E-state index >= 15 is 0 Å². The molecule has 0 fully saturated rings. The summed E-state index contributed by atoms with van der Waals surface area (Å²) in [6.45, 7) is 0. The van der Waals surface area contributed by atoms with Gasteiger partial charge in [-0.25, -0.2) is 9.59 Å². The van der Waals surface area contributed by atoms with Crippen LogP contribution in [-0.2, 0) is 9.53 Å². The number of benzene rings is 3. The molecule has 3 aromatic rings. The Bertz CT molecular complexity index is 1220. The first-order valence-electron chi connectivity index (χ1n) is 9.95. The van der Waals surface area contributed by atoms with Gasteiger partial charge in [-0.1, -0.05) is 18.2 Å². The van der Waals surface area contributed by atoms with Gasteiger partial charge in [0.25, 0.3) is 0 Å². The molecule has 2 atom stereocenters. The molecule has 172 valence electrons. The number of carbonyl (C=O) groups excluding carboxylic acids is 1. The van der Waals surface area contributed by atoms with E-state index in [0.29, 0.717) is 17.0 Å². The number of ether oxygens (including phenoxy) is 2. The van der Waals surface area contributed by atoms with Crippen molar-refractivity contribution in [3.63, 3.8) is 0 Å². The Labute approximate surface area is 209 Å². The number of phenols is 1. The molecule has 0 aliphatic carbocycles. The molecule has 0 unspecified atom stereocenters. The molecule has 1 amide bonds. The molecule has 34 heavy (non-hydrogen) atoms. The van der Waals surface area contributed by atoms with E-state index in [9.17, 15) is 14.7 Å². The monoisotopic (exact) mass is 570 g/mol. The van der Waals surface area contributed by atoms with Crippen LogP contribution in [0.1, 0.15) is 17.2 Å². The number of anilines is 1. The topological polar surface area (TPSA) is 129 Å². The first kappa shape index (κ1) is 24.6. The molecule has 0 aromatic heterocycles. The van der Waals surface area contributed by atoms with Crippen LogP contribution >= 0.6 is 22.6 Å². The van der Waals surface area contributed by atoms with Crippen LogP contribution in [0.25, 0.3) is 0 Å². The van der Waals surface area contributed by atoms with Gasteiger partial charge in [-0.05, 0) is 83.3 Å². The highest BCUT2D eigenvalue weighted by atomic mass is 127. The van der Waals surface area contributed by atoms with Crippen molar-refractivity contribution in [1.29, 1.82) is 5.26 Å². The van der Waals surface area contributed by atoms with Gasteiger partial charge >= 0.3 is 12.1 Å². The summed E-state index contributed by atoms with van der Waals surface area (Å²) in [5, 5.41) is 31.2. The number of carbonyl (C=O) groups is 2. The molecule has 3 N–H and O–H groups in total. The minimum atomic E-state index is -1.21. The number of aliphatic carboxylic acids is 1. The summed E-state index contributed by atoms with van der Waals surface area (Å²) in [6, 6.07) is 21.5. The van der Waals surface area contributed by atoms with Gasteiger partial charge in [-0.3, -0.25) is 5.32 Å². The second-order valence-electron chi connectivity index (χ2n) is 6.94. The van der Waals surface area contributed by atoms with Crippen molar-refractivity contribution in [3.8, 4) is 17.6 Å². The molecule has 0 radical (unpaired) electrons. The van der Waals surface area contributed by atoms with Crippen molar-refractivity contribution >= 4 is 40.3 Å². The molecule has 3 aromatic carbocycles. The van der Waals surface area contributed by atoms with Crippen molar-refractivity contribution in [1.82, 2.24) is 0 Å². The van der Waals surface area contributed by atoms with E-state index < -0.39 is 24.3 Å². The quantitative estimate of drug-likeness (QED) is 0.249. The minimum absolute atomic E-state index is 0.151. The number of aromatic hydroxyl groups is 1. The van der Waals surface area contributed by atoms with Crippen LogP contribution in [0.3, 0.4) is 0 Å². The van der Waals surface area contributed by atoms with E-state index in [1.807, 2.05) is 28.7 Å². The Balaban J connectivity index is 1.96. The summed E-state index contributed by atoms with van der Waals surface area (Å²) in [4.78, 5) is 24.0. The average molecular weight is 570 g/mol. The Morgan fingerprint density at radius 2 is 1.76 bits per heavy atom. The SMILES string of the molecule is N#Cc1ccc(NC(=O)O[C@@H](c2cc(I)ccc2O)[C@H](/C=C/C(=O)O)Oc2ccccc2)cc1. The smallest absolute Gasteiger partial charge is 0.412 e. The summed E-state index contributed by atoms with van der Waals surface area (Å²) in [5.74, 6) is -0.954. The maximum absolute atomic E-state index is 12.8. The second kappa shape index (κ2) is 11.7. The number of carboxylic acids is 1. The van der Waals surface area contributed by atoms with Crippen molar-refractivity contribution in [2.24, 2.45) is 0 Å². The van der Waals surface area contributed by atoms with Gasteiger partial charge in [0, 0.05) is 20.9 Å². The molecule has 0 heterocycles. The standard InChI is InChI=1S/C25H19IN2O6/c26-17-8-11-21(29)20(14-17)24(34-25(32)28-18-9-6-16(15-27)7-10-18)22(12-13-23(30)31)33-19-4-2-1-3-5-19/h1-14,22,24,29H,(H,28,32)(H,30,31)/b13-12+/t22-,24-/m0/s1. The van der Waals surface area contributed by atoms with Crippen molar-refractivity contribution < 1.29 is 29.3 Å². The number of para-hydroxylation sites is 1. The number of phenolic OH excluding ortho intramolecular Hbond substituents is 1. The zero-order valence-electron chi connectivity index (χ0n) is 17.6. The van der Waals surface area contributed by atoms with E-state index in [-0.39, 0.29) is 11.3 Å². The predicted molar refractivity (Wildman–Crippen MR) is 132 cm³/mol.